The molecule has 1 heterocycles. The molecule has 0 unspecified atom stereocenters. The predicted octanol–water partition coefficient (Wildman–Crippen LogP) is 1.11. The molecule has 0 saturated carbocycles. The Bertz CT molecular complexity index is 458. The zero-order chi connectivity index (χ0) is 14.4. The monoisotopic (exact) mass is 270 g/mol. The van der Waals surface area contributed by atoms with Crippen molar-refractivity contribution in [3.63, 3.8) is 0 Å². The Morgan fingerprint density at radius 2 is 2.26 bits per heavy atom. The van der Waals surface area contributed by atoms with E-state index in [-0.39, 0.29) is 24.7 Å². The number of aryl methyl sites for hydroxylation is 1. The zero-order valence-corrected chi connectivity index (χ0v) is 11.3. The van der Waals surface area contributed by atoms with Crippen LogP contribution in [0.1, 0.15) is 20.3 Å². The van der Waals surface area contributed by atoms with Crippen LogP contribution in [-0.4, -0.2) is 40.4 Å². The third kappa shape index (κ3) is 3.94. The minimum absolute atomic E-state index is 0.0421. The second-order valence-electron chi connectivity index (χ2n) is 4.00. The van der Waals surface area contributed by atoms with Gasteiger partial charge in [-0.05, 0) is 13.3 Å². The standard InChI is InChI=1S/C11H18N4O4/c1-4-6-14(8-10(16)19-5-2)11-9(15(17)18)7-13(3)12-11/h7H,4-6,8H2,1-3H3. The Morgan fingerprint density at radius 1 is 1.58 bits per heavy atom. The van der Waals surface area contributed by atoms with Crippen LogP contribution in [0, 0.1) is 10.1 Å². The van der Waals surface area contributed by atoms with Gasteiger partial charge in [0.05, 0.1) is 11.5 Å². The van der Waals surface area contributed by atoms with E-state index in [9.17, 15) is 14.9 Å². The number of hydrogen-bond acceptors (Lipinski definition) is 6. The number of anilines is 1. The number of ether oxygens (including phenoxy) is 1. The van der Waals surface area contributed by atoms with Crippen molar-refractivity contribution in [2.75, 3.05) is 24.6 Å². The minimum Gasteiger partial charge on any atom is -0.465 e. The van der Waals surface area contributed by atoms with Gasteiger partial charge in [-0.3, -0.25) is 19.6 Å². The average Bonchev–Trinajstić information content (AvgIpc) is 2.71. The first kappa shape index (κ1) is 14.9. The summed E-state index contributed by atoms with van der Waals surface area (Å²) in [4.78, 5) is 23.5. The molecule has 0 aliphatic heterocycles. The number of esters is 1. The van der Waals surface area contributed by atoms with Gasteiger partial charge in [-0.25, -0.2) is 0 Å². The molecule has 8 heteroatoms. The Kier molecular flexibility index (Phi) is 5.28. The van der Waals surface area contributed by atoms with Crippen LogP contribution in [0.3, 0.4) is 0 Å². The molecule has 8 nitrogen and oxygen atoms in total. The number of aromatic nitrogens is 2. The number of carbonyl (C=O) groups is 1. The molecule has 1 aromatic heterocycles. The summed E-state index contributed by atoms with van der Waals surface area (Å²) in [5.41, 5.74) is -0.111. The van der Waals surface area contributed by atoms with Gasteiger partial charge < -0.3 is 9.64 Å². The normalized spacial score (nSPS) is 10.3. The first-order chi connectivity index (χ1) is 8.99. The summed E-state index contributed by atoms with van der Waals surface area (Å²) >= 11 is 0. The van der Waals surface area contributed by atoms with Crippen molar-refractivity contribution in [3.8, 4) is 0 Å². The highest BCUT2D eigenvalue weighted by Gasteiger charge is 2.25. The molecule has 1 aromatic rings. The first-order valence-corrected chi connectivity index (χ1v) is 6.08. The van der Waals surface area contributed by atoms with E-state index in [4.69, 9.17) is 4.74 Å². The Hall–Kier alpha value is -2.12. The molecule has 0 aliphatic carbocycles. The van der Waals surface area contributed by atoms with Crippen molar-refractivity contribution < 1.29 is 14.5 Å². The molecule has 0 bridgehead atoms. The highest BCUT2D eigenvalue weighted by molar-refractivity contribution is 5.76. The summed E-state index contributed by atoms with van der Waals surface area (Å²) in [5.74, 6) is -0.224. The fraction of sp³-hybridized carbons (Fsp3) is 0.636. The molecule has 19 heavy (non-hydrogen) atoms. The molecule has 0 aromatic carbocycles. The van der Waals surface area contributed by atoms with Gasteiger partial charge in [0, 0.05) is 13.6 Å². The summed E-state index contributed by atoms with van der Waals surface area (Å²) in [7, 11) is 1.60. The molecule has 0 fully saturated rings. The highest BCUT2D eigenvalue weighted by atomic mass is 16.6. The third-order valence-corrected chi connectivity index (χ3v) is 2.41. The maximum absolute atomic E-state index is 11.5. The van der Waals surface area contributed by atoms with Crippen molar-refractivity contribution in [2.45, 2.75) is 20.3 Å². The van der Waals surface area contributed by atoms with Crippen molar-refractivity contribution in [3.05, 3.63) is 16.3 Å². The van der Waals surface area contributed by atoms with E-state index in [0.717, 1.165) is 6.42 Å². The second-order valence-corrected chi connectivity index (χ2v) is 4.00. The molecular formula is C11H18N4O4. The number of rotatable bonds is 7. The van der Waals surface area contributed by atoms with Crippen LogP contribution in [0.25, 0.3) is 0 Å². The van der Waals surface area contributed by atoms with E-state index < -0.39 is 10.9 Å². The largest absolute Gasteiger partial charge is 0.465 e. The maximum atomic E-state index is 11.5. The molecular weight excluding hydrogens is 252 g/mol. The number of nitro groups is 1. The molecule has 0 aliphatic rings. The molecule has 0 spiro atoms. The lowest BCUT2D eigenvalue weighted by molar-refractivity contribution is -0.384. The van der Waals surface area contributed by atoms with Crippen molar-refractivity contribution in [1.82, 2.24) is 9.78 Å². The topological polar surface area (TPSA) is 90.5 Å². The summed E-state index contributed by atoms with van der Waals surface area (Å²) in [6.45, 7) is 4.37. The summed E-state index contributed by atoms with van der Waals surface area (Å²) in [6.07, 6.45) is 2.07. The van der Waals surface area contributed by atoms with Crippen LogP contribution in [0.15, 0.2) is 6.20 Å². The Balaban J connectivity index is 2.98. The van der Waals surface area contributed by atoms with Crippen molar-refractivity contribution >= 4 is 17.5 Å². The smallest absolute Gasteiger partial charge is 0.330 e. The minimum atomic E-state index is -0.504. The number of nitrogens with zero attached hydrogens (tertiary/aromatic N) is 4. The maximum Gasteiger partial charge on any atom is 0.330 e. The van der Waals surface area contributed by atoms with E-state index in [2.05, 4.69) is 5.10 Å². The molecule has 0 atom stereocenters. The average molecular weight is 270 g/mol. The lowest BCUT2D eigenvalue weighted by atomic mass is 10.3. The fourth-order valence-electron chi connectivity index (χ4n) is 1.71. The van der Waals surface area contributed by atoms with Crippen LogP contribution in [0.4, 0.5) is 11.5 Å². The van der Waals surface area contributed by atoms with Crippen LogP contribution < -0.4 is 4.90 Å². The molecule has 1 rings (SSSR count). The van der Waals surface area contributed by atoms with Crippen LogP contribution in [-0.2, 0) is 16.6 Å². The van der Waals surface area contributed by atoms with Gasteiger partial charge in [-0.1, -0.05) is 6.92 Å². The highest BCUT2D eigenvalue weighted by Crippen LogP contribution is 2.25. The molecule has 106 valence electrons. The summed E-state index contributed by atoms with van der Waals surface area (Å²) in [5, 5.41) is 15.0. The third-order valence-electron chi connectivity index (χ3n) is 2.41. The van der Waals surface area contributed by atoms with E-state index in [1.54, 1.807) is 18.9 Å². The van der Waals surface area contributed by atoms with Gasteiger partial charge in [0.15, 0.2) is 0 Å². The lowest BCUT2D eigenvalue weighted by Crippen LogP contribution is -2.32. The molecule has 0 saturated heterocycles. The zero-order valence-electron chi connectivity index (χ0n) is 11.3. The van der Waals surface area contributed by atoms with E-state index in [1.807, 2.05) is 6.92 Å². The summed E-state index contributed by atoms with van der Waals surface area (Å²) < 4.78 is 6.22. The van der Waals surface area contributed by atoms with E-state index >= 15 is 0 Å². The molecule has 0 N–H and O–H groups in total. The molecule has 0 radical (unpaired) electrons. The Morgan fingerprint density at radius 3 is 2.79 bits per heavy atom. The fourth-order valence-corrected chi connectivity index (χ4v) is 1.71. The molecule has 0 amide bonds. The SMILES string of the molecule is CCCN(CC(=O)OCC)c1nn(C)cc1[N+](=O)[O-]. The van der Waals surface area contributed by atoms with Gasteiger partial charge >= 0.3 is 11.7 Å². The van der Waals surface area contributed by atoms with Gasteiger partial charge in [-0.15, -0.1) is 5.10 Å². The lowest BCUT2D eigenvalue weighted by Gasteiger charge is -2.19. The van der Waals surface area contributed by atoms with E-state index in [1.165, 1.54) is 10.9 Å². The van der Waals surface area contributed by atoms with Crippen molar-refractivity contribution in [2.24, 2.45) is 7.05 Å². The van der Waals surface area contributed by atoms with Crippen molar-refractivity contribution in [1.29, 1.82) is 0 Å². The number of hydrogen-bond donors (Lipinski definition) is 0. The van der Waals surface area contributed by atoms with Gasteiger partial charge in [0.2, 0.25) is 5.82 Å². The quantitative estimate of drug-likeness (QED) is 0.419. The number of carbonyl (C=O) groups excluding carboxylic acids is 1. The summed E-state index contributed by atoms with van der Waals surface area (Å²) in [6, 6.07) is 0. The first-order valence-electron chi connectivity index (χ1n) is 6.08. The second kappa shape index (κ2) is 6.72. The van der Waals surface area contributed by atoms with Crippen LogP contribution in [0.2, 0.25) is 0 Å². The van der Waals surface area contributed by atoms with Gasteiger partial charge in [0.25, 0.3) is 0 Å². The van der Waals surface area contributed by atoms with E-state index in [0.29, 0.717) is 6.54 Å². The van der Waals surface area contributed by atoms with Gasteiger partial charge in [0.1, 0.15) is 12.7 Å². The van der Waals surface area contributed by atoms with Crippen LogP contribution >= 0.6 is 0 Å². The van der Waals surface area contributed by atoms with Crippen LogP contribution in [0.5, 0.6) is 0 Å². The van der Waals surface area contributed by atoms with Gasteiger partial charge in [-0.2, -0.15) is 0 Å². The Labute approximate surface area is 111 Å². The predicted molar refractivity (Wildman–Crippen MR) is 69.0 cm³/mol.